The Kier molecular flexibility index (Phi) is 12.5. The van der Waals surface area contributed by atoms with E-state index in [1.54, 1.807) is 0 Å². The van der Waals surface area contributed by atoms with Crippen LogP contribution in [0.3, 0.4) is 0 Å². The highest BCUT2D eigenvalue weighted by atomic mass is 127. The minimum atomic E-state index is -0.629. The smallest absolute Gasteiger partial charge is 0.316 e. The maximum Gasteiger partial charge on any atom is 0.316 e. The van der Waals surface area contributed by atoms with Crippen LogP contribution in [-0.4, -0.2) is 15.0 Å². The van der Waals surface area contributed by atoms with Crippen LogP contribution in [0.4, 0.5) is 0 Å². The van der Waals surface area contributed by atoms with Gasteiger partial charge in [-0.15, -0.1) is 0 Å². The molecule has 1 aliphatic carbocycles. The van der Waals surface area contributed by atoms with Crippen LogP contribution in [0.2, 0.25) is 0 Å². The van der Waals surface area contributed by atoms with E-state index in [1.165, 1.54) is 89.9 Å². The Bertz CT molecular complexity index is 302. The summed E-state index contributed by atoms with van der Waals surface area (Å²) in [5, 5.41) is 9.09. The van der Waals surface area contributed by atoms with E-state index in [4.69, 9.17) is 5.11 Å². The molecule has 0 aromatic rings. The lowest BCUT2D eigenvalue weighted by Gasteiger charge is -2.17. The van der Waals surface area contributed by atoms with Crippen molar-refractivity contribution >= 4 is 28.6 Å². The van der Waals surface area contributed by atoms with E-state index < -0.39 is 5.97 Å². The second-order valence-electron chi connectivity index (χ2n) is 7.46. The van der Waals surface area contributed by atoms with Crippen LogP contribution < -0.4 is 0 Å². The topological polar surface area (TPSA) is 37.3 Å². The number of halogens is 1. The van der Waals surface area contributed by atoms with Crippen LogP contribution in [-0.2, 0) is 4.79 Å². The molecule has 1 saturated carbocycles. The highest BCUT2D eigenvalue weighted by Gasteiger charge is 2.33. The Morgan fingerprint density at radius 3 is 1.87 bits per heavy atom. The van der Waals surface area contributed by atoms with E-state index >= 15 is 0 Å². The number of carbonyl (C=O) groups is 1. The first-order valence-corrected chi connectivity index (χ1v) is 11.3. The van der Waals surface area contributed by atoms with E-state index in [2.05, 4.69) is 29.5 Å². The van der Waals surface area contributed by atoms with Crippen LogP contribution in [0.5, 0.6) is 0 Å². The van der Waals surface area contributed by atoms with Gasteiger partial charge in [-0.05, 0) is 31.1 Å². The van der Waals surface area contributed by atoms with Crippen LogP contribution >= 0.6 is 22.6 Å². The van der Waals surface area contributed by atoms with Gasteiger partial charge in [-0.1, -0.05) is 107 Å². The molecule has 136 valence electrons. The molecule has 0 aromatic carbocycles. The van der Waals surface area contributed by atoms with Crippen molar-refractivity contribution in [1.29, 1.82) is 0 Å². The fraction of sp³-hybridized carbons (Fsp3) is 0.950. The molecule has 3 heteroatoms. The van der Waals surface area contributed by atoms with Crippen LogP contribution in [0.15, 0.2) is 0 Å². The molecule has 2 unspecified atom stereocenters. The molecule has 0 amide bonds. The average Bonchev–Trinajstić information content (AvgIpc) is 3.36. The molecular weight excluding hydrogens is 399 g/mol. The highest BCUT2D eigenvalue weighted by molar-refractivity contribution is 14.1. The Hall–Kier alpha value is 0.200. The Labute approximate surface area is 157 Å². The summed E-state index contributed by atoms with van der Waals surface area (Å²) in [7, 11) is 0. The lowest BCUT2D eigenvalue weighted by atomic mass is 9.91. The standard InChI is InChI=1S/C20H37IO2/c1-2-3-4-5-6-7-8-9-10-11-12-13-18(17-14-15-17)16-19(21)20(22)23/h17-19H,2-16H2,1H3,(H,22,23). The van der Waals surface area contributed by atoms with Gasteiger partial charge in [0.1, 0.15) is 3.92 Å². The first-order valence-electron chi connectivity index (χ1n) is 10.0. The summed E-state index contributed by atoms with van der Waals surface area (Å²) in [6, 6.07) is 0. The molecule has 0 aliphatic heterocycles. The summed E-state index contributed by atoms with van der Waals surface area (Å²) in [6.07, 6.45) is 20.1. The number of hydrogen-bond acceptors (Lipinski definition) is 1. The third-order valence-corrected chi connectivity index (χ3v) is 6.29. The van der Waals surface area contributed by atoms with E-state index in [0.717, 1.165) is 12.3 Å². The van der Waals surface area contributed by atoms with Gasteiger partial charge in [-0.2, -0.15) is 0 Å². The summed E-state index contributed by atoms with van der Waals surface area (Å²) >= 11 is 2.10. The summed E-state index contributed by atoms with van der Waals surface area (Å²) in [6.45, 7) is 2.27. The van der Waals surface area contributed by atoms with Crippen molar-refractivity contribution in [2.24, 2.45) is 11.8 Å². The monoisotopic (exact) mass is 436 g/mol. The first-order chi connectivity index (χ1) is 11.1. The SMILES string of the molecule is CCCCCCCCCCCCCC(CC(I)C(=O)O)C1CC1. The van der Waals surface area contributed by atoms with E-state index in [9.17, 15) is 4.79 Å². The summed E-state index contributed by atoms with van der Waals surface area (Å²) in [5.74, 6) is 0.886. The van der Waals surface area contributed by atoms with E-state index in [-0.39, 0.29) is 3.92 Å². The summed E-state index contributed by atoms with van der Waals surface area (Å²) in [4.78, 5) is 11.0. The van der Waals surface area contributed by atoms with Gasteiger partial charge in [-0.25, -0.2) is 0 Å². The van der Waals surface area contributed by atoms with E-state index in [1.807, 2.05) is 0 Å². The number of alkyl halides is 1. The van der Waals surface area contributed by atoms with Gasteiger partial charge in [0, 0.05) is 0 Å². The maximum absolute atomic E-state index is 11.0. The molecule has 0 heterocycles. The number of carboxylic acids is 1. The number of hydrogen-bond donors (Lipinski definition) is 1. The van der Waals surface area contributed by atoms with Crippen LogP contribution in [0, 0.1) is 11.8 Å². The maximum atomic E-state index is 11.0. The third-order valence-electron chi connectivity index (χ3n) is 5.24. The molecule has 23 heavy (non-hydrogen) atoms. The molecule has 0 spiro atoms. The number of rotatable bonds is 16. The normalized spacial score (nSPS) is 17.1. The fourth-order valence-corrected chi connectivity index (χ4v) is 4.20. The highest BCUT2D eigenvalue weighted by Crippen LogP contribution is 2.42. The minimum absolute atomic E-state index is 0.189. The van der Waals surface area contributed by atoms with Crippen molar-refractivity contribution in [2.45, 2.75) is 107 Å². The van der Waals surface area contributed by atoms with Crippen molar-refractivity contribution < 1.29 is 9.90 Å². The predicted octanol–water partition coefficient (Wildman–Crippen LogP) is 6.99. The van der Waals surface area contributed by atoms with Gasteiger partial charge >= 0.3 is 5.97 Å². The molecule has 2 atom stereocenters. The lowest BCUT2D eigenvalue weighted by molar-refractivity contribution is -0.136. The molecule has 0 aromatic heterocycles. The Balaban J connectivity index is 1.93. The first kappa shape index (κ1) is 21.2. The van der Waals surface area contributed by atoms with Crippen molar-refractivity contribution in [3.8, 4) is 0 Å². The van der Waals surface area contributed by atoms with Gasteiger partial charge in [0.25, 0.3) is 0 Å². The molecule has 2 nitrogen and oxygen atoms in total. The van der Waals surface area contributed by atoms with Gasteiger partial charge in [0.05, 0.1) is 0 Å². The minimum Gasteiger partial charge on any atom is -0.480 e. The lowest BCUT2D eigenvalue weighted by Crippen LogP contribution is -2.18. The van der Waals surface area contributed by atoms with Gasteiger partial charge in [-0.3, -0.25) is 4.79 Å². The predicted molar refractivity (Wildman–Crippen MR) is 107 cm³/mol. The molecule has 1 fully saturated rings. The van der Waals surface area contributed by atoms with Crippen molar-refractivity contribution in [3.05, 3.63) is 0 Å². The zero-order valence-corrected chi connectivity index (χ0v) is 17.2. The summed E-state index contributed by atoms with van der Waals surface area (Å²) < 4.78 is -0.189. The van der Waals surface area contributed by atoms with Crippen LogP contribution in [0.1, 0.15) is 103 Å². The van der Waals surface area contributed by atoms with Crippen molar-refractivity contribution in [1.82, 2.24) is 0 Å². The molecular formula is C20H37IO2. The average molecular weight is 436 g/mol. The zero-order chi connectivity index (χ0) is 16.9. The Morgan fingerprint density at radius 2 is 1.43 bits per heavy atom. The van der Waals surface area contributed by atoms with E-state index in [0.29, 0.717) is 5.92 Å². The molecule has 1 aliphatic rings. The zero-order valence-electron chi connectivity index (χ0n) is 15.1. The molecule has 0 bridgehead atoms. The number of unbranched alkanes of at least 4 members (excludes halogenated alkanes) is 10. The van der Waals surface area contributed by atoms with Crippen LogP contribution in [0.25, 0.3) is 0 Å². The number of carboxylic acid groups (broad SMARTS) is 1. The molecule has 0 radical (unpaired) electrons. The molecule has 1 rings (SSSR count). The summed E-state index contributed by atoms with van der Waals surface area (Å²) in [5.41, 5.74) is 0. The van der Waals surface area contributed by atoms with Gasteiger partial charge in [0.2, 0.25) is 0 Å². The van der Waals surface area contributed by atoms with Crippen molar-refractivity contribution in [2.75, 3.05) is 0 Å². The van der Waals surface area contributed by atoms with Gasteiger partial charge < -0.3 is 5.11 Å². The number of aliphatic carboxylic acids is 1. The van der Waals surface area contributed by atoms with Gasteiger partial charge in [0.15, 0.2) is 0 Å². The van der Waals surface area contributed by atoms with Crippen molar-refractivity contribution in [3.63, 3.8) is 0 Å². The second-order valence-corrected chi connectivity index (χ2v) is 8.97. The fourth-order valence-electron chi connectivity index (χ4n) is 3.55. The molecule has 1 N–H and O–H groups in total. The second kappa shape index (κ2) is 13.5. The molecule has 0 saturated heterocycles. The third kappa shape index (κ3) is 11.4. The largest absolute Gasteiger partial charge is 0.480 e. The Morgan fingerprint density at radius 1 is 0.957 bits per heavy atom. The quantitative estimate of drug-likeness (QED) is 0.161.